The molecule has 0 amide bonds. The summed E-state index contributed by atoms with van der Waals surface area (Å²) < 4.78 is 79.0. The van der Waals surface area contributed by atoms with Crippen molar-refractivity contribution in [2.24, 2.45) is 5.73 Å². The Bertz CT molecular complexity index is 3830. The summed E-state index contributed by atoms with van der Waals surface area (Å²) in [6.45, 7) is 9.00. The van der Waals surface area contributed by atoms with Gasteiger partial charge in [-0.3, -0.25) is 37.9 Å². The summed E-state index contributed by atoms with van der Waals surface area (Å²) in [5, 5.41) is 112. The van der Waals surface area contributed by atoms with Crippen molar-refractivity contribution in [2.45, 2.75) is 153 Å². The van der Waals surface area contributed by atoms with Crippen LogP contribution in [-0.2, 0) is 73.4 Å². The van der Waals surface area contributed by atoms with Gasteiger partial charge >= 0.3 is 15.2 Å². The molecule has 10 rings (SSSR count). The molecule has 0 bridgehead atoms. The van der Waals surface area contributed by atoms with Crippen LogP contribution < -0.4 is 20.5 Å². The molecule has 13 N–H and O–H groups in total. The third kappa shape index (κ3) is 15.5. The third-order valence-corrected chi connectivity index (χ3v) is 21.9. The molecule has 2 aliphatic heterocycles. The molecule has 12 atom stereocenters. The van der Waals surface area contributed by atoms with Gasteiger partial charge in [-0.05, 0) is 53.7 Å². The first-order valence-electron chi connectivity index (χ1n) is 32.0. The monoisotopic (exact) mass is 1430 g/mol. The number of nitrogens with two attached hydrogens (primary N) is 1. The smallest absolute Gasteiger partial charge is 0.337 e. The van der Waals surface area contributed by atoms with E-state index in [0.717, 1.165) is 0 Å². The SMILES string of the molecule is CCOP(=O)(CC=O)OCC.CCOP(=O)(CCN[C@H]1C[C@H](O[C@H]2C[C@](O)(C(=O)CO)Cc3c(O)c4c(c(O)c32)C(=O)c2c(OC)cccc2C4=O)O[C@@H](C)[C@H]1O)OCC.COc1cccc2c1C(=O)c1c(O)c3c(c(O)c1C2=O)C[C@@](O)(C(=O)CO)C[C@@H]3O[C@H]1C[C@H](N)[C@H](O)[C@H](C)O1. The largest absolute Gasteiger partial charge is 0.507 e. The van der Waals surface area contributed by atoms with Crippen molar-refractivity contribution in [3.05, 3.63) is 103 Å². The van der Waals surface area contributed by atoms with E-state index in [2.05, 4.69) is 5.32 Å². The van der Waals surface area contributed by atoms with Crippen LogP contribution >= 0.6 is 15.2 Å². The number of aldehydes is 1. The maximum atomic E-state index is 13.9. The van der Waals surface area contributed by atoms with E-state index in [0.29, 0.717) is 19.5 Å². The minimum Gasteiger partial charge on any atom is -0.507 e. The molecule has 0 unspecified atom stereocenters. The lowest BCUT2D eigenvalue weighted by molar-refractivity contribution is -0.249. The van der Waals surface area contributed by atoms with Gasteiger partial charge in [0.1, 0.15) is 71.4 Å². The number of carbonyl (C=O) groups is 7. The number of methoxy groups -OCH3 is 2. The second-order valence-electron chi connectivity index (χ2n) is 24.2. The first-order chi connectivity index (χ1) is 46.8. The van der Waals surface area contributed by atoms with E-state index in [1.54, 1.807) is 41.5 Å². The van der Waals surface area contributed by atoms with Crippen molar-refractivity contribution in [1.29, 1.82) is 0 Å². The van der Waals surface area contributed by atoms with Crippen LogP contribution in [0.5, 0.6) is 34.5 Å². The highest BCUT2D eigenvalue weighted by Crippen LogP contribution is 2.56. The predicted molar refractivity (Wildman–Crippen MR) is 345 cm³/mol. The molecular weight excluding hydrogens is 1350 g/mol. The van der Waals surface area contributed by atoms with Crippen LogP contribution in [0.1, 0.15) is 165 Å². The minimum atomic E-state index is -3.38. The molecule has 4 aliphatic carbocycles. The van der Waals surface area contributed by atoms with E-state index < -0.39 is 207 Å². The van der Waals surface area contributed by atoms with Crippen molar-refractivity contribution >= 4 is 56.2 Å². The van der Waals surface area contributed by atoms with Crippen molar-refractivity contribution in [2.75, 3.05) is 72.7 Å². The normalized spacial score (nSPS) is 26.2. The molecule has 0 radical (unpaired) electrons. The van der Waals surface area contributed by atoms with E-state index in [1.807, 2.05) is 0 Å². The first-order valence-corrected chi connectivity index (χ1v) is 35.4. The molecule has 0 aromatic heterocycles. The summed E-state index contributed by atoms with van der Waals surface area (Å²) in [4.78, 5) is 90.2. The number of Topliss-reactive ketones (excluding diaryl/α,β-unsaturated/α-hetero) is 2. The number of benzene rings is 4. The van der Waals surface area contributed by atoms with Crippen molar-refractivity contribution in [3.63, 3.8) is 0 Å². The number of fused-ring (bicyclic) bond motifs is 6. The van der Waals surface area contributed by atoms with Gasteiger partial charge in [0.25, 0.3) is 0 Å². The molecule has 2 saturated heterocycles. The number of aliphatic hydroxyl groups excluding tert-OH is 4. The molecule has 0 saturated carbocycles. The molecule has 33 heteroatoms. The van der Waals surface area contributed by atoms with Crippen LogP contribution in [0.3, 0.4) is 0 Å². The van der Waals surface area contributed by atoms with Crippen molar-refractivity contribution in [1.82, 2.24) is 5.32 Å². The topological polar surface area (TPSA) is 486 Å². The Hall–Kier alpha value is -6.81. The number of phenols is 4. The summed E-state index contributed by atoms with van der Waals surface area (Å²) in [5.74, 6) is -7.70. The van der Waals surface area contributed by atoms with Gasteiger partial charge in [-0.25, -0.2) is 0 Å². The predicted octanol–water partition coefficient (Wildman–Crippen LogP) is 3.35. The molecule has 0 spiro atoms. The van der Waals surface area contributed by atoms with Gasteiger partial charge in [-0.2, -0.15) is 0 Å². The number of aliphatic hydroxyl groups is 6. The Morgan fingerprint density at radius 3 is 1.38 bits per heavy atom. The highest BCUT2D eigenvalue weighted by molar-refractivity contribution is 7.54. The van der Waals surface area contributed by atoms with E-state index in [4.69, 9.17) is 52.2 Å². The van der Waals surface area contributed by atoms with Gasteiger partial charge in [0.05, 0.1) is 117 Å². The van der Waals surface area contributed by atoms with Crippen LogP contribution in [0, 0.1) is 0 Å². The Labute approximate surface area is 568 Å². The average Bonchev–Trinajstić information content (AvgIpc) is 0.717. The molecule has 2 fully saturated rings. The van der Waals surface area contributed by atoms with E-state index in [-0.39, 0.29) is 101 Å². The number of ether oxygens (including phenoxy) is 6. The van der Waals surface area contributed by atoms with Crippen LogP contribution in [0.4, 0.5) is 0 Å². The second-order valence-corrected chi connectivity index (χ2v) is 28.5. The number of aromatic hydroxyl groups is 4. The zero-order valence-electron chi connectivity index (χ0n) is 55.6. The fraction of sp³-hybridized carbons (Fsp3) is 0.530. The lowest BCUT2D eigenvalue weighted by Gasteiger charge is -2.43. The Morgan fingerprint density at radius 2 is 1.00 bits per heavy atom. The average molecular weight is 1430 g/mol. The number of hydrogen-bond donors (Lipinski definition) is 12. The summed E-state index contributed by atoms with van der Waals surface area (Å²) in [6.07, 6.45) is -10.2. The first kappa shape index (κ1) is 77.9. The molecular formula is C66H84N2O29P2. The molecule has 31 nitrogen and oxygen atoms in total. The van der Waals surface area contributed by atoms with Gasteiger partial charge in [-0.15, -0.1) is 0 Å². The van der Waals surface area contributed by atoms with Gasteiger partial charge in [0.2, 0.25) is 11.6 Å². The number of carbonyl (C=O) groups excluding carboxylic acids is 7. The molecule has 4 aromatic carbocycles. The third-order valence-electron chi connectivity index (χ3n) is 18.0. The summed E-state index contributed by atoms with van der Waals surface area (Å²) >= 11 is 0. The zero-order valence-corrected chi connectivity index (χ0v) is 57.4. The summed E-state index contributed by atoms with van der Waals surface area (Å²) in [7, 11) is -3.83. The quantitative estimate of drug-likeness (QED) is 0.0235. The van der Waals surface area contributed by atoms with E-state index in [1.165, 1.54) is 50.6 Å². The number of phenolic OH excluding ortho intramolecular Hbond substituents is 4. The van der Waals surface area contributed by atoms with Crippen LogP contribution in [0.15, 0.2) is 36.4 Å². The van der Waals surface area contributed by atoms with Gasteiger partial charge in [0.15, 0.2) is 35.7 Å². The molecule has 6 aliphatic rings. The second kappa shape index (κ2) is 32.0. The molecule has 2 heterocycles. The van der Waals surface area contributed by atoms with E-state index in [9.17, 15) is 93.8 Å². The van der Waals surface area contributed by atoms with Crippen molar-refractivity contribution < 1.29 is 140 Å². The Balaban J connectivity index is 0.000000223. The van der Waals surface area contributed by atoms with Crippen molar-refractivity contribution in [3.8, 4) is 34.5 Å². The lowest BCUT2D eigenvalue weighted by atomic mass is 9.72. The maximum Gasteiger partial charge on any atom is 0.337 e. The Kier molecular flexibility index (Phi) is 25.2. The highest BCUT2D eigenvalue weighted by atomic mass is 31.2. The number of nitrogens with one attached hydrogen (secondary N) is 1. The standard InChI is InChI=1S/C33H42NO14P.C27H29NO11.C6H13O4P/c1-5-45-49(43,46-6-2)11-10-34-19-12-23(47-16(3)28(19)37)48-21-14-33(42,22(36)15-35)13-18-25(21)32(41)27-26(30(18)39)29(38)17-8-7-9-20(44-4)24(17)31(27)40;1-10-22(31)13(28)6-17(38-10)39-15-8-27(36,16(30)9-29)7-12-19(15)26(35)21-20(24(12)33)23(32)11-4-3-5-14(37-2)18(11)25(21)34;1-3-9-11(8,6-5-7)10-4-2/h7-9,16,19,21,23,28,34-35,37,39,41-42H,5-6,10-15H2,1-4H3;3-5,10,13,15,17,22,29,31,33,35-36H,6-9,28H2,1-2H3;5H,3-4,6H2,1-2H3/t16-,19-,21-,23-,28+,33-;10-,13-,15-,17-,22+,27-;/m00./s1. The lowest BCUT2D eigenvalue weighted by Crippen LogP contribution is -2.55. The fourth-order valence-corrected chi connectivity index (χ4v) is 16.0. The summed E-state index contributed by atoms with van der Waals surface area (Å²) in [5.41, 5.74) is -1.47. The molecule has 4 aromatic rings. The van der Waals surface area contributed by atoms with E-state index >= 15 is 0 Å². The van der Waals surface area contributed by atoms with Crippen LogP contribution in [0.25, 0.3) is 0 Å². The zero-order chi connectivity index (χ0) is 73.0. The van der Waals surface area contributed by atoms with Gasteiger partial charge < -0.3 is 113 Å². The summed E-state index contributed by atoms with van der Waals surface area (Å²) in [6, 6.07) is 7.31. The molecule has 542 valence electrons. The number of rotatable bonds is 24. The number of hydrogen-bond acceptors (Lipinski definition) is 31. The van der Waals surface area contributed by atoms with Crippen LogP contribution in [-0.4, -0.2) is 225 Å². The van der Waals surface area contributed by atoms with Gasteiger partial charge in [0, 0.05) is 90.5 Å². The van der Waals surface area contributed by atoms with Crippen LogP contribution in [0.2, 0.25) is 0 Å². The van der Waals surface area contributed by atoms with Gasteiger partial charge in [-0.1, -0.05) is 24.3 Å². The molecule has 99 heavy (non-hydrogen) atoms. The number of ketones is 6. The fourth-order valence-electron chi connectivity index (χ4n) is 13.2. The highest BCUT2D eigenvalue weighted by Gasteiger charge is 2.53. The minimum absolute atomic E-state index is 0.00301. The Morgan fingerprint density at radius 1 is 0.606 bits per heavy atom. The maximum absolute atomic E-state index is 13.9.